The number of rotatable bonds is 6. The fourth-order valence-corrected chi connectivity index (χ4v) is 2.02. The summed E-state index contributed by atoms with van der Waals surface area (Å²) in [5, 5.41) is 16.7. The van der Waals surface area contributed by atoms with Crippen LogP contribution in [0.3, 0.4) is 0 Å². The molecule has 1 aromatic carbocycles. The second kappa shape index (κ2) is 6.52. The van der Waals surface area contributed by atoms with Crippen molar-refractivity contribution in [2.75, 3.05) is 5.32 Å². The highest BCUT2D eigenvalue weighted by Gasteiger charge is 2.24. The molecular formula is C14H16F2N4O2. The maximum Gasteiger partial charge on any atom is 0.292 e. The lowest BCUT2D eigenvalue weighted by Gasteiger charge is -2.30. The van der Waals surface area contributed by atoms with Crippen molar-refractivity contribution in [2.45, 2.75) is 24.9 Å². The molecule has 0 spiro atoms. The lowest BCUT2D eigenvalue weighted by Crippen LogP contribution is -2.51. The Kier molecular flexibility index (Phi) is 4.71. The van der Waals surface area contributed by atoms with Gasteiger partial charge in [0, 0.05) is 18.7 Å². The van der Waals surface area contributed by atoms with Crippen molar-refractivity contribution in [3.63, 3.8) is 0 Å². The summed E-state index contributed by atoms with van der Waals surface area (Å²) in [4.78, 5) is 10.4. The number of dihydropyridines is 1. The van der Waals surface area contributed by atoms with Gasteiger partial charge in [-0.15, -0.1) is 0 Å². The van der Waals surface area contributed by atoms with Crippen LogP contribution in [0.25, 0.3) is 0 Å². The zero-order valence-electron chi connectivity index (χ0n) is 11.6. The SMILES string of the molecule is NC1(CCC(F)F)C=CC(Nc2ccccc2[N+](=O)[O-])=CN1. The normalized spacial score (nSPS) is 20.5. The summed E-state index contributed by atoms with van der Waals surface area (Å²) in [6, 6.07) is 6.21. The van der Waals surface area contributed by atoms with Gasteiger partial charge in [0.15, 0.2) is 0 Å². The lowest BCUT2D eigenvalue weighted by atomic mass is 10.0. The monoisotopic (exact) mass is 310 g/mol. The van der Waals surface area contributed by atoms with Gasteiger partial charge in [0.2, 0.25) is 6.43 Å². The van der Waals surface area contributed by atoms with E-state index >= 15 is 0 Å². The Morgan fingerprint density at radius 1 is 1.41 bits per heavy atom. The largest absolute Gasteiger partial charge is 0.368 e. The highest BCUT2D eigenvalue weighted by molar-refractivity contribution is 5.65. The molecule has 0 saturated heterocycles. The number of allylic oxidation sites excluding steroid dienone is 1. The number of benzene rings is 1. The number of hydrogen-bond donors (Lipinski definition) is 3. The average Bonchev–Trinajstić information content (AvgIpc) is 2.48. The van der Waals surface area contributed by atoms with Gasteiger partial charge in [0.1, 0.15) is 11.4 Å². The third-order valence-corrected chi connectivity index (χ3v) is 3.21. The zero-order valence-corrected chi connectivity index (χ0v) is 11.6. The molecule has 0 bridgehead atoms. The van der Waals surface area contributed by atoms with Crippen LogP contribution in [0.2, 0.25) is 0 Å². The molecule has 118 valence electrons. The molecule has 1 aromatic rings. The number of nitro benzene ring substituents is 1. The number of nitrogens with zero attached hydrogens (tertiary/aromatic N) is 1. The van der Waals surface area contributed by atoms with Crippen molar-refractivity contribution in [3.05, 3.63) is 58.4 Å². The molecule has 1 aliphatic heterocycles. The van der Waals surface area contributed by atoms with Gasteiger partial charge in [-0.3, -0.25) is 10.1 Å². The van der Waals surface area contributed by atoms with Gasteiger partial charge in [-0.2, -0.15) is 0 Å². The van der Waals surface area contributed by atoms with Crippen LogP contribution in [0.1, 0.15) is 12.8 Å². The summed E-state index contributed by atoms with van der Waals surface area (Å²) >= 11 is 0. The van der Waals surface area contributed by atoms with E-state index in [1.165, 1.54) is 12.3 Å². The number of halogens is 2. The number of nitrogens with two attached hydrogens (primary N) is 1. The van der Waals surface area contributed by atoms with E-state index in [2.05, 4.69) is 10.6 Å². The third-order valence-electron chi connectivity index (χ3n) is 3.21. The van der Waals surface area contributed by atoms with Crippen LogP contribution in [0.4, 0.5) is 20.2 Å². The van der Waals surface area contributed by atoms with Crippen molar-refractivity contribution in [1.82, 2.24) is 5.32 Å². The number of nitrogens with one attached hydrogen (secondary N) is 2. The van der Waals surface area contributed by atoms with Gasteiger partial charge >= 0.3 is 0 Å². The summed E-state index contributed by atoms with van der Waals surface area (Å²) in [5.41, 5.74) is 5.72. The summed E-state index contributed by atoms with van der Waals surface area (Å²) < 4.78 is 24.5. The van der Waals surface area contributed by atoms with Crippen molar-refractivity contribution in [1.29, 1.82) is 0 Å². The molecule has 0 aliphatic carbocycles. The number of para-hydroxylation sites is 2. The minimum absolute atomic E-state index is 0.0564. The molecule has 4 N–H and O–H groups in total. The maximum atomic E-state index is 12.2. The molecule has 0 fully saturated rings. The quantitative estimate of drug-likeness (QED) is 0.555. The molecule has 1 unspecified atom stereocenters. The summed E-state index contributed by atoms with van der Waals surface area (Å²) in [6.07, 6.45) is 2.05. The standard InChI is InChI=1S/C14H16F2N4O2/c15-13(16)6-8-14(17)7-5-10(9-18-14)19-11-3-1-2-4-12(11)20(21)22/h1-5,7,9,13,18-19H,6,8,17H2. The Morgan fingerprint density at radius 2 is 2.14 bits per heavy atom. The van der Waals surface area contributed by atoms with Gasteiger partial charge in [-0.05, 0) is 24.6 Å². The van der Waals surface area contributed by atoms with E-state index in [4.69, 9.17) is 5.73 Å². The molecule has 0 radical (unpaired) electrons. The minimum atomic E-state index is -2.41. The van der Waals surface area contributed by atoms with E-state index in [1.54, 1.807) is 30.4 Å². The van der Waals surface area contributed by atoms with Gasteiger partial charge < -0.3 is 16.4 Å². The Hall–Kier alpha value is -2.48. The molecule has 2 rings (SSSR count). The van der Waals surface area contributed by atoms with Gasteiger partial charge in [-0.25, -0.2) is 8.78 Å². The molecular weight excluding hydrogens is 294 g/mol. The molecule has 1 heterocycles. The topological polar surface area (TPSA) is 93.2 Å². The van der Waals surface area contributed by atoms with E-state index in [9.17, 15) is 18.9 Å². The van der Waals surface area contributed by atoms with Crippen molar-refractivity contribution in [3.8, 4) is 0 Å². The van der Waals surface area contributed by atoms with E-state index in [0.717, 1.165) is 0 Å². The molecule has 22 heavy (non-hydrogen) atoms. The van der Waals surface area contributed by atoms with E-state index in [0.29, 0.717) is 11.4 Å². The minimum Gasteiger partial charge on any atom is -0.368 e. The molecule has 1 aliphatic rings. The number of alkyl halides is 2. The Morgan fingerprint density at radius 3 is 2.73 bits per heavy atom. The Balaban J connectivity index is 2.04. The van der Waals surface area contributed by atoms with Crippen molar-refractivity contribution >= 4 is 11.4 Å². The Bertz CT molecular complexity index is 619. The van der Waals surface area contributed by atoms with E-state index in [-0.39, 0.29) is 18.5 Å². The third kappa shape index (κ3) is 4.01. The molecule has 1 atom stereocenters. The van der Waals surface area contributed by atoms with Crippen LogP contribution < -0.4 is 16.4 Å². The van der Waals surface area contributed by atoms with Crippen LogP contribution >= 0.6 is 0 Å². The predicted molar refractivity (Wildman–Crippen MR) is 79.2 cm³/mol. The molecule has 0 aromatic heterocycles. The first-order chi connectivity index (χ1) is 10.4. The number of hydrogen-bond acceptors (Lipinski definition) is 5. The van der Waals surface area contributed by atoms with Crippen LogP contribution in [-0.4, -0.2) is 17.0 Å². The van der Waals surface area contributed by atoms with E-state index in [1.807, 2.05) is 0 Å². The molecule has 8 heteroatoms. The summed E-state index contributed by atoms with van der Waals surface area (Å²) in [7, 11) is 0. The highest BCUT2D eigenvalue weighted by Crippen LogP contribution is 2.26. The average molecular weight is 310 g/mol. The lowest BCUT2D eigenvalue weighted by molar-refractivity contribution is -0.383. The van der Waals surface area contributed by atoms with Crippen molar-refractivity contribution < 1.29 is 13.7 Å². The second-order valence-electron chi connectivity index (χ2n) is 4.95. The van der Waals surface area contributed by atoms with Crippen LogP contribution in [-0.2, 0) is 0 Å². The van der Waals surface area contributed by atoms with Gasteiger partial charge in [0.25, 0.3) is 5.69 Å². The fourth-order valence-electron chi connectivity index (χ4n) is 2.02. The first-order valence-corrected chi connectivity index (χ1v) is 6.64. The highest BCUT2D eigenvalue weighted by atomic mass is 19.3. The van der Waals surface area contributed by atoms with Gasteiger partial charge in [-0.1, -0.05) is 12.1 Å². The predicted octanol–water partition coefficient (Wildman–Crippen LogP) is 2.71. The second-order valence-corrected chi connectivity index (χ2v) is 4.95. The molecule has 6 nitrogen and oxygen atoms in total. The number of anilines is 1. The first kappa shape index (κ1) is 15.9. The summed E-state index contributed by atoms with van der Waals surface area (Å²) in [5.74, 6) is 0. The van der Waals surface area contributed by atoms with Gasteiger partial charge in [0.05, 0.1) is 10.6 Å². The first-order valence-electron chi connectivity index (χ1n) is 6.64. The fraction of sp³-hybridized carbons (Fsp3) is 0.286. The van der Waals surface area contributed by atoms with Crippen LogP contribution in [0, 0.1) is 10.1 Å². The van der Waals surface area contributed by atoms with Crippen LogP contribution in [0.15, 0.2) is 48.3 Å². The Labute approximate surface area is 125 Å². The number of nitro groups is 1. The summed E-state index contributed by atoms with van der Waals surface area (Å²) in [6.45, 7) is 0. The molecule has 0 saturated carbocycles. The zero-order chi connectivity index (χ0) is 16.2. The van der Waals surface area contributed by atoms with Crippen LogP contribution in [0.5, 0.6) is 0 Å². The smallest absolute Gasteiger partial charge is 0.292 e. The molecule has 0 amide bonds. The van der Waals surface area contributed by atoms with E-state index < -0.39 is 17.0 Å². The van der Waals surface area contributed by atoms with Crippen molar-refractivity contribution in [2.24, 2.45) is 5.73 Å². The maximum absolute atomic E-state index is 12.2.